The zero-order valence-corrected chi connectivity index (χ0v) is 13.8. The number of aromatic nitrogens is 2. The molecular formula is C19H18FN3O2. The molecule has 1 saturated heterocycles. The van der Waals surface area contributed by atoms with E-state index in [0.717, 1.165) is 11.1 Å². The molecule has 0 aliphatic carbocycles. The van der Waals surface area contributed by atoms with E-state index in [9.17, 15) is 9.50 Å². The van der Waals surface area contributed by atoms with Gasteiger partial charge >= 0.3 is 0 Å². The molecule has 2 aromatic carbocycles. The molecule has 1 aromatic heterocycles. The Morgan fingerprint density at radius 3 is 2.68 bits per heavy atom. The van der Waals surface area contributed by atoms with Gasteiger partial charge in [0, 0.05) is 37.7 Å². The van der Waals surface area contributed by atoms with Crippen LogP contribution in [0.25, 0.3) is 11.5 Å². The molecule has 0 radical (unpaired) electrons. The van der Waals surface area contributed by atoms with Crippen LogP contribution in [0.15, 0.2) is 52.9 Å². The van der Waals surface area contributed by atoms with E-state index in [1.807, 2.05) is 24.3 Å². The first-order valence-electron chi connectivity index (χ1n) is 8.13. The van der Waals surface area contributed by atoms with E-state index in [0.29, 0.717) is 37.0 Å². The van der Waals surface area contributed by atoms with Crippen molar-refractivity contribution in [3.63, 3.8) is 0 Å². The highest BCUT2D eigenvalue weighted by Gasteiger charge is 2.43. The van der Waals surface area contributed by atoms with Crippen LogP contribution in [-0.2, 0) is 12.1 Å². The lowest BCUT2D eigenvalue weighted by Gasteiger charge is -2.47. The molecule has 0 bridgehead atoms. The Morgan fingerprint density at radius 2 is 1.96 bits per heavy atom. The Balaban J connectivity index is 1.46. The average Bonchev–Trinajstić information content (AvgIpc) is 3.00. The quantitative estimate of drug-likeness (QED) is 0.792. The minimum atomic E-state index is -1.12. The van der Waals surface area contributed by atoms with Crippen molar-refractivity contribution in [2.75, 3.05) is 13.1 Å². The number of β-amino-alcohol motifs (C(OH)–C–C–N with tert-alkyl or cyclic N) is 1. The summed E-state index contributed by atoms with van der Waals surface area (Å²) in [6.45, 7) is 3.22. The van der Waals surface area contributed by atoms with Crippen molar-refractivity contribution in [2.24, 2.45) is 0 Å². The van der Waals surface area contributed by atoms with Gasteiger partial charge in [-0.1, -0.05) is 30.3 Å². The molecule has 1 N–H and O–H groups in total. The first kappa shape index (κ1) is 15.9. The van der Waals surface area contributed by atoms with Crippen LogP contribution < -0.4 is 0 Å². The third-order valence-electron chi connectivity index (χ3n) is 4.45. The third kappa shape index (κ3) is 3.06. The van der Waals surface area contributed by atoms with Gasteiger partial charge in [-0.2, -0.15) is 0 Å². The average molecular weight is 339 g/mol. The molecule has 5 nitrogen and oxygen atoms in total. The van der Waals surface area contributed by atoms with Crippen molar-refractivity contribution >= 4 is 0 Å². The minimum absolute atomic E-state index is 0.362. The Kier molecular flexibility index (Phi) is 3.86. The second-order valence-electron chi connectivity index (χ2n) is 6.48. The highest BCUT2D eigenvalue weighted by atomic mass is 19.1. The topological polar surface area (TPSA) is 62.4 Å². The lowest BCUT2D eigenvalue weighted by Crippen LogP contribution is -2.59. The third-order valence-corrected chi connectivity index (χ3v) is 4.45. The summed E-state index contributed by atoms with van der Waals surface area (Å²) in [6, 6.07) is 14.3. The molecule has 25 heavy (non-hydrogen) atoms. The Bertz CT molecular complexity index is 903. The zero-order valence-electron chi connectivity index (χ0n) is 13.8. The smallest absolute Gasteiger partial charge is 0.247 e. The molecular weight excluding hydrogens is 321 g/mol. The fourth-order valence-electron chi connectivity index (χ4n) is 3.29. The summed E-state index contributed by atoms with van der Waals surface area (Å²) in [5.74, 6) is 0.655. The highest BCUT2D eigenvalue weighted by molar-refractivity contribution is 5.53. The van der Waals surface area contributed by atoms with Crippen molar-refractivity contribution in [1.29, 1.82) is 0 Å². The van der Waals surface area contributed by atoms with Crippen molar-refractivity contribution in [1.82, 2.24) is 15.1 Å². The number of halogens is 1. The Hall–Kier alpha value is -2.57. The number of aryl methyl sites for hydroxylation is 1. The number of likely N-dealkylation sites (tertiary alicyclic amines) is 1. The molecule has 6 heteroatoms. The summed E-state index contributed by atoms with van der Waals surface area (Å²) >= 11 is 0. The Morgan fingerprint density at radius 1 is 1.16 bits per heavy atom. The van der Waals surface area contributed by atoms with Gasteiger partial charge in [0.15, 0.2) is 0 Å². The molecule has 4 rings (SSSR count). The zero-order chi connectivity index (χ0) is 17.4. The monoisotopic (exact) mass is 339 g/mol. The van der Waals surface area contributed by atoms with Gasteiger partial charge in [-0.25, -0.2) is 4.39 Å². The predicted octanol–water partition coefficient (Wildman–Crippen LogP) is 2.89. The van der Waals surface area contributed by atoms with E-state index < -0.39 is 5.60 Å². The maximum Gasteiger partial charge on any atom is 0.247 e. The molecule has 1 aliphatic heterocycles. The molecule has 2 heterocycles. The van der Waals surface area contributed by atoms with Crippen LogP contribution >= 0.6 is 0 Å². The number of aliphatic hydroxyl groups is 1. The van der Waals surface area contributed by atoms with Crippen molar-refractivity contribution in [2.45, 2.75) is 19.1 Å². The number of benzene rings is 2. The number of hydrogen-bond donors (Lipinski definition) is 1. The van der Waals surface area contributed by atoms with Crippen LogP contribution in [0.5, 0.6) is 0 Å². The van der Waals surface area contributed by atoms with Crippen LogP contribution in [0, 0.1) is 12.7 Å². The van der Waals surface area contributed by atoms with E-state index >= 15 is 0 Å². The summed E-state index contributed by atoms with van der Waals surface area (Å²) in [5, 5.41) is 18.5. The second-order valence-corrected chi connectivity index (χ2v) is 6.48. The summed E-state index contributed by atoms with van der Waals surface area (Å²) < 4.78 is 19.4. The maximum atomic E-state index is 13.9. The number of hydrogen-bond acceptors (Lipinski definition) is 5. The van der Waals surface area contributed by atoms with Crippen LogP contribution in [-0.4, -0.2) is 33.3 Å². The molecule has 0 atom stereocenters. The molecule has 1 fully saturated rings. The van der Waals surface area contributed by atoms with Crippen molar-refractivity contribution in [3.05, 3.63) is 71.4 Å². The summed E-state index contributed by atoms with van der Waals surface area (Å²) in [5.41, 5.74) is 1.18. The first-order valence-corrected chi connectivity index (χ1v) is 8.13. The molecule has 0 spiro atoms. The molecule has 0 amide bonds. The molecule has 3 aromatic rings. The van der Waals surface area contributed by atoms with Gasteiger partial charge in [0.25, 0.3) is 0 Å². The van der Waals surface area contributed by atoms with Crippen molar-refractivity contribution < 1.29 is 13.9 Å². The van der Waals surface area contributed by atoms with Gasteiger partial charge in [-0.05, 0) is 23.8 Å². The van der Waals surface area contributed by atoms with Gasteiger partial charge in [-0.15, -0.1) is 10.2 Å². The lowest BCUT2D eigenvalue weighted by atomic mass is 9.85. The van der Waals surface area contributed by atoms with Gasteiger partial charge < -0.3 is 9.52 Å². The SMILES string of the molecule is Cc1nnc(-c2cccc(CN3CC(O)(c4ccccc4F)C3)c2)o1. The van der Waals surface area contributed by atoms with Crippen LogP contribution in [0.4, 0.5) is 4.39 Å². The Labute approximate surface area is 144 Å². The molecule has 128 valence electrons. The molecule has 0 unspecified atom stereocenters. The first-order chi connectivity index (χ1) is 12.0. The van der Waals surface area contributed by atoms with Crippen LogP contribution in [0.1, 0.15) is 17.0 Å². The fraction of sp³-hybridized carbons (Fsp3) is 0.263. The summed E-state index contributed by atoms with van der Waals surface area (Å²) in [6.07, 6.45) is 0. The maximum absolute atomic E-state index is 13.9. The largest absolute Gasteiger partial charge is 0.421 e. The normalized spacial score (nSPS) is 16.6. The van der Waals surface area contributed by atoms with Gasteiger partial charge in [0.2, 0.25) is 11.8 Å². The van der Waals surface area contributed by atoms with E-state index in [1.165, 1.54) is 6.07 Å². The number of nitrogens with zero attached hydrogens (tertiary/aromatic N) is 3. The predicted molar refractivity (Wildman–Crippen MR) is 90.0 cm³/mol. The minimum Gasteiger partial charge on any atom is -0.421 e. The summed E-state index contributed by atoms with van der Waals surface area (Å²) in [7, 11) is 0. The molecule has 0 saturated carbocycles. The standard InChI is InChI=1S/C19H18FN3O2/c1-13-21-22-18(25-13)15-6-4-5-14(9-15)10-23-11-19(24,12-23)16-7-2-3-8-17(16)20/h2-9,24H,10-12H2,1H3. The van der Waals surface area contributed by atoms with Crippen LogP contribution in [0.3, 0.4) is 0 Å². The van der Waals surface area contributed by atoms with E-state index in [-0.39, 0.29) is 5.82 Å². The van der Waals surface area contributed by atoms with E-state index in [4.69, 9.17) is 4.42 Å². The van der Waals surface area contributed by atoms with E-state index in [2.05, 4.69) is 15.1 Å². The lowest BCUT2D eigenvalue weighted by molar-refractivity contribution is -0.109. The summed E-state index contributed by atoms with van der Waals surface area (Å²) in [4.78, 5) is 2.07. The van der Waals surface area contributed by atoms with E-state index in [1.54, 1.807) is 25.1 Å². The second kappa shape index (κ2) is 6.06. The van der Waals surface area contributed by atoms with Gasteiger partial charge in [0.05, 0.1) is 0 Å². The van der Waals surface area contributed by atoms with Crippen LogP contribution in [0.2, 0.25) is 0 Å². The number of rotatable bonds is 4. The molecule has 1 aliphatic rings. The van der Waals surface area contributed by atoms with Gasteiger partial charge in [-0.3, -0.25) is 4.90 Å². The highest BCUT2D eigenvalue weighted by Crippen LogP contribution is 2.34. The fourth-order valence-corrected chi connectivity index (χ4v) is 3.29. The van der Waals surface area contributed by atoms with Crippen molar-refractivity contribution in [3.8, 4) is 11.5 Å². The van der Waals surface area contributed by atoms with Gasteiger partial charge in [0.1, 0.15) is 11.4 Å².